The number of nitriles is 1. The highest BCUT2D eigenvalue weighted by molar-refractivity contribution is 5.94. The van der Waals surface area contributed by atoms with Crippen LogP contribution in [-0.2, 0) is 4.79 Å². The SMILES string of the molecule is COc1ccc(C(=CC#N)c2cc(OC)c(OC)c(OC)c2)cc1NC(=O)CCCN. The van der Waals surface area contributed by atoms with E-state index in [2.05, 4.69) is 11.4 Å². The van der Waals surface area contributed by atoms with Crippen molar-refractivity contribution < 1.29 is 23.7 Å². The molecule has 0 radical (unpaired) electrons. The van der Waals surface area contributed by atoms with Crippen LogP contribution in [0.5, 0.6) is 23.0 Å². The smallest absolute Gasteiger partial charge is 0.224 e. The number of carbonyl (C=O) groups excluding carboxylic acids is 1. The van der Waals surface area contributed by atoms with E-state index >= 15 is 0 Å². The van der Waals surface area contributed by atoms with Gasteiger partial charge in [0, 0.05) is 12.5 Å². The van der Waals surface area contributed by atoms with Crippen LogP contribution >= 0.6 is 0 Å². The van der Waals surface area contributed by atoms with Crippen LogP contribution in [0.15, 0.2) is 36.4 Å². The van der Waals surface area contributed by atoms with Gasteiger partial charge in [0.05, 0.1) is 40.2 Å². The molecule has 8 heteroatoms. The number of nitrogens with two attached hydrogens (primary N) is 1. The average molecular weight is 425 g/mol. The van der Waals surface area contributed by atoms with Crippen molar-refractivity contribution in [2.24, 2.45) is 5.73 Å². The largest absolute Gasteiger partial charge is 0.495 e. The molecule has 0 saturated heterocycles. The number of allylic oxidation sites excluding steroid dienone is 1. The van der Waals surface area contributed by atoms with E-state index in [1.165, 1.54) is 34.5 Å². The molecule has 0 aliphatic carbocycles. The van der Waals surface area contributed by atoms with Gasteiger partial charge in [-0.05, 0) is 53.9 Å². The third-order valence-electron chi connectivity index (χ3n) is 4.58. The predicted molar refractivity (Wildman–Crippen MR) is 119 cm³/mol. The molecule has 0 aliphatic heterocycles. The number of hydrogen-bond donors (Lipinski definition) is 2. The first-order valence-corrected chi connectivity index (χ1v) is 9.61. The maximum atomic E-state index is 12.2. The van der Waals surface area contributed by atoms with E-state index < -0.39 is 0 Å². The van der Waals surface area contributed by atoms with Crippen molar-refractivity contribution in [1.29, 1.82) is 5.26 Å². The van der Waals surface area contributed by atoms with Crippen molar-refractivity contribution in [1.82, 2.24) is 0 Å². The molecular weight excluding hydrogens is 398 g/mol. The van der Waals surface area contributed by atoms with Crippen LogP contribution < -0.4 is 30.0 Å². The van der Waals surface area contributed by atoms with Gasteiger partial charge in [-0.2, -0.15) is 5.26 Å². The second-order valence-corrected chi connectivity index (χ2v) is 6.46. The van der Waals surface area contributed by atoms with Gasteiger partial charge in [-0.15, -0.1) is 0 Å². The average Bonchev–Trinajstić information content (AvgIpc) is 2.80. The number of methoxy groups -OCH3 is 4. The molecule has 2 aromatic rings. The van der Waals surface area contributed by atoms with Crippen molar-refractivity contribution >= 4 is 17.2 Å². The number of amides is 1. The van der Waals surface area contributed by atoms with Gasteiger partial charge >= 0.3 is 0 Å². The third kappa shape index (κ3) is 5.68. The van der Waals surface area contributed by atoms with Crippen molar-refractivity contribution in [3.63, 3.8) is 0 Å². The lowest BCUT2D eigenvalue weighted by Gasteiger charge is -2.17. The number of benzene rings is 2. The Labute approximate surface area is 182 Å². The van der Waals surface area contributed by atoms with Gasteiger partial charge < -0.3 is 30.0 Å². The molecule has 0 aliphatic rings. The quantitative estimate of drug-likeness (QED) is 0.561. The zero-order chi connectivity index (χ0) is 22.8. The molecule has 2 aromatic carbocycles. The molecule has 0 fully saturated rings. The Morgan fingerprint density at radius 2 is 1.65 bits per heavy atom. The van der Waals surface area contributed by atoms with Crippen LogP contribution in [0.4, 0.5) is 5.69 Å². The van der Waals surface area contributed by atoms with Gasteiger partial charge in [0.1, 0.15) is 5.75 Å². The topological polar surface area (TPSA) is 116 Å². The van der Waals surface area contributed by atoms with Gasteiger partial charge in [-0.25, -0.2) is 0 Å². The summed E-state index contributed by atoms with van der Waals surface area (Å²) < 4.78 is 21.6. The van der Waals surface area contributed by atoms with Crippen molar-refractivity contribution in [2.75, 3.05) is 40.3 Å². The van der Waals surface area contributed by atoms with E-state index in [0.717, 1.165) is 0 Å². The lowest BCUT2D eigenvalue weighted by atomic mass is 9.96. The van der Waals surface area contributed by atoms with E-state index in [0.29, 0.717) is 64.8 Å². The zero-order valence-electron chi connectivity index (χ0n) is 18.2. The van der Waals surface area contributed by atoms with E-state index in [4.69, 9.17) is 24.7 Å². The highest BCUT2D eigenvalue weighted by atomic mass is 16.5. The first-order chi connectivity index (χ1) is 15.0. The summed E-state index contributed by atoms with van der Waals surface area (Å²) in [6.45, 7) is 0.431. The Hall–Kier alpha value is -3.70. The van der Waals surface area contributed by atoms with Crippen LogP contribution in [0.3, 0.4) is 0 Å². The Morgan fingerprint density at radius 1 is 1.00 bits per heavy atom. The number of anilines is 1. The highest BCUT2D eigenvalue weighted by Crippen LogP contribution is 2.41. The second-order valence-electron chi connectivity index (χ2n) is 6.46. The van der Waals surface area contributed by atoms with Crippen molar-refractivity contribution in [2.45, 2.75) is 12.8 Å². The van der Waals surface area contributed by atoms with Crippen LogP contribution in [0.25, 0.3) is 5.57 Å². The molecule has 31 heavy (non-hydrogen) atoms. The van der Waals surface area contributed by atoms with Crippen LogP contribution in [0, 0.1) is 11.3 Å². The number of rotatable bonds is 10. The molecule has 0 heterocycles. The molecule has 0 atom stereocenters. The van der Waals surface area contributed by atoms with Gasteiger partial charge in [0.2, 0.25) is 11.7 Å². The van der Waals surface area contributed by atoms with E-state index in [9.17, 15) is 10.1 Å². The first-order valence-electron chi connectivity index (χ1n) is 9.61. The highest BCUT2D eigenvalue weighted by Gasteiger charge is 2.17. The summed E-state index contributed by atoms with van der Waals surface area (Å²) >= 11 is 0. The molecule has 0 spiro atoms. The zero-order valence-corrected chi connectivity index (χ0v) is 18.2. The summed E-state index contributed by atoms with van der Waals surface area (Å²) in [7, 11) is 6.10. The van der Waals surface area contributed by atoms with Crippen LogP contribution in [0.1, 0.15) is 24.0 Å². The van der Waals surface area contributed by atoms with E-state index in [1.807, 2.05) is 0 Å². The molecule has 0 saturated carbocycles. The molecule has 2 rings (SSSR count). The van der Waals surface area contributed by atoms with Crippen LogP contribution in [0.2, 0.25) is 0 Å². The monoisotopic (exact) mass is 425 g/mol. The summed E-state index contributed by atoms with van der Waals surface area (Å²) in [6.07, 6.45) is 2.30. The van der Waals surface area contributed by atoms with E-state index in [1.54, 1.807) is 30.3 Å². The number of hydrogen-bond acceptors (Lipinski definition) is 7. The molecule has 1 amide bonds. The van der Waals surface area contributed by atoms with E-state index in [-0.39, 0.29) is 5.91 Å². The molecule has 0 bridgehead atoms. The fraction of sp³-hybridized carbons (Fsp3) is 0.304. The van der Waals surface area contributed by atoms with Gasteiger partial charge in [0.25, 0.3) is 0 Å². The fourth-order valence-corrected chi connectivity index (χ4v) is 3.08. The summed E-state index contributed by atoms with van der Waals surface area (Å²) in [6, 6.07) is 10.9. The first kappa shape index (κ1) is 23.6. The van der Waals surface area contributed by atoms with Gasteiger partial charge in [0.15, 0.2) is 11.5 Å². The molecule has 8 nitrogen and oxygen atoms in total. The number of nitrogens with zero attached hydrogens (tertiary/aromatic N) is 1. The minimum atomic E-state index is -0.167. The Bertz CT molecular complexity index is 970. The molecule has 3 N–H and O–H groups in total. The Morgan fingerprint density at radius 3 is 2.16 bits per heavy atom. The fourth-order valence-electron chi connectivity index (χ4n) is 3.08. The minimum Gasteiger partial charge on any atom is -0.495 e. The Balaban J connectivity index is 2.56. The summed E-state index contributed by atoms with van der Waals surface area (Å²) in [5.74, 6) is 1.72. The molecule has 0 unspecified atom stereocenters. The lowest BCUT2D eigenvalue weighted by Crippen LogP contribution is -2.14. The predicted octanol–water partition coefficient (Wildman–Crippen LogP) is 3.35. The number of ether oxygens (including phenoxy) is 4. The van der Waals surface area contributed by atoms with Gasteiger partial charge in [-0.3, -0.25) is 4.79 Å². The maximum Gasteiger partial charge on any atom is 0.224 e. The summed E-state index contributed by atoms with van der Waals surface area (Å²) in [5.41, 5.74) is 7.98. The number of nitrogens with one attached hydrogen (secondary N) is 1. The second kappa shape index (κ2) is 11.5. The Kier molecular flexibility index (Phi) is 8.73. The number of carbonyl (C=O) groups is 1. The van der Waals surface area contributed by atoms with Gasteiger partial charge in [-0.1, -0.05) is 6.07 Å². The maximum absolute atomic E-state index is 12.2. The summed E-state index contributed by atoms with van der Waals surface area (Å²) in [5, 5.41) is 12.3. The molecular formula is C23H27N3O5. The molecule has 0 aromatic heterocycles. The summed E-state index contributed by atoms with van der Waals surface area (Å²) in [4.78, 5) is 12.2. The third-order valence-corrected chi connectivity index (χ3v) is 4.58. The van der Waals surface area contributed by atoms with Crippen LogP contribution in [-0.4, -0.2) is 40.9 Å². The standard InChI is InChI=1S/C23H27N3O5/c1-28-19-8-7-15(12-18(19)26-22(27)6-5-10-24)17(9-11-25)16-13-20(29-2)23(31-4)21(14-16)30-3/h7-9,12-14H,5-6,10,24H2,1-4H3,(H,26,27). The normalized spacial score (nSPS) is 10.8. The van der Waals surface area contributed by atoms with Crippen molar-refractivity contribution in [3.8, 4) is 29.1 Å². The lowest BCUT2D eigenvalue weighted by molar-refractivity contribution is -0.116. The minimum absolute atomic E-state index is 0.167. The molecule has 164 valence electrons. The van der Waals surface area contributed by atoms with Crippen molar-refractivity contribution in [3.05, 3.63) is 47.5 Å².